The van der Waals surface area contributed by atoms with Gasteiger partial charge in [0.15, 0.2) is 3.77 Å². The molecule has 3 rings (SSSR count). The van der Waals surface area contributed by atoms with Crippen LogP contribution in [0.4, 0.5) is 0 Å². The van der Waals surface area contributed by atoms with Gasteiger partial charge in [-0.15, -0.1) is 11.3 Å². The Morgan fingerprint density at radius 1 is 1.14 bits per heavy atom. The topological polar surface area (TPSA) is 83.7 Å². The van der Waals surface area contributed by atoms with Crippen LogP contribution >= 0.6 is 45.5 Å². The standard InChI is InChI=1S/C19H13ClIN3O3S/c20-15-6-2-1-5-14(15)18(25)23-16(10-13-4-3-9-28-13)19(26)24-22-11-12-7-8-17(21)27-12/h1-11H,(H,23,25)(H,24,26). The normalized spacial score (nSPS) is 11.6. The van der Waals surface area contributed by atoms with E-state index in [0.29, 0.717) is 14.5 Å². The van der Waals surface area contributed by atoms with Crippen molar-refractivity contribution in [3.63, 3.8) is 0 Å². The van der Waals surface area contributed by atoms with Gasteiger partial charge in [-0.05, 0) is 64.4 Å². The summed E-state index contributed by atoms with van der Waals surface area (Å²) in [5.41, 5.74) is 2.69. The monoisotopic (exact) mass is 525 g/mol. The number of benzene rings is 1. The number of carbonyl (C=O) groups is 2. The number of carbonyl (C=O) groups excluding carboxylic acids is 2. The highest BCUT2D eigenvalue weighted by Crippen LogP contribution is 2.17. The SMILES string of the molecule is O=C(NN=Cc1ccc(I)o1)C(=Cc1cccs1)NC(=O)c1ccccc1Cl. The molecule has 0 saturated heterocycles. The Bertz CT molecular complexity index is 1040. The van der Waals surface area contributed by atoms with Crippen LogP contribution in [0.2, 0.25) is 5.02 Å². The Labute approximate surface area is 183 Å². The second kappa shape index (κ2) is 9.67. The van der Waals surface area contributed by atoms with Gasteiger partial charge in [-0.1, -0.05) is 29.8 Å². The van der Waals surface area contributed by atoms with Crippen LogP contribution in [0.15, 0.2) is 69.1 Å². The van der Waals surface area contributed by atoms with Gasteiger partial charge in [-0.3, -0.25) is 9.59 Å². The summed E-state index contributed by atoms with van der Waals surface area (Å²) in [7, 11) is 0. The van der Waals surface area contributed by atoms with Gasteiger partial charge in [0.05, 0.1) is 16.8 Å². The Hall–Kier alpha value is -2.43. The first-order valence-corrected chi connectivity index (χ1v) is 10.3. The lowest BCUT2D eigenvalue weighted by Gasteiger charge is -2.09. The van der Waals surface area contributed by atoms with Gasteiger partial charge in [0.1, 0.15) is 11.5 Å². The molecule has 2 aromatic heterocycles. The molecular weight excluding hydrogens is 513 g/mol. The van der Waals surface area contributed by atoms with E-state index in [1.807, 2.05) is 40.1 Å². The van der Waals surface area contributed by atoms with E-state index < -0.39 is 11.8 Å². The van der Waals surface area contributed by atoms with E-state index in [-0.39, 0.29) is 11.3 Å². The molecule has 0 aliphatic rings. The number of furan rings is 1. The molecule has 2 heterocycles. The highest BCUT2D eigenvalue weighted by molar-refractivity contribution is 14.1. The highest BCUT2D eigenvalue weighted by Gasteiger charge is 2.16. The number of hydrazone groups is 1. The lowest BCUT2D eigenvalue weighted by atomic mass is 10.2. The molecule has 2 N–H and O–H groups in total. The molecule has 0 saturated carbocycles. The van der Waals surface area contributed by atoms with Gasteiger partial charge >= 0.3 is 0 Å². The summed E-state index contributed by atoms with van der Waals surface area (Å²) >= 11 is 9.52. The summed E-state index contributed by atoms with van der Waals surface area (Å²) in [4.78, 5) is 25.9. The number of halogens is 2. The average Bonchev–Trinajstić information content (AvgIpc) is 3.33. The largest absolute Gasteiger partial charge is 0.449 e. The lowest BCUT2D eigenvalue weighted by molar-refractivity contribution is -0.117. The molecule has 0 bridgehead atoms. The van der Waals surface area contributed by atoms with Crippen molar-refractivity contribution in [1.29, 1.82) is 0 Å². The zero-order valence-electron chi connectivity index (χ0n) is 14.2. The fourth-order valence-corrected chi connectivity index (χ4v) is 3.43. The van der Waals surface area contributed by atoms with E-state index in [0.717, 1.165) is 4.88 Å². The molecule has 0 radical (unpaired) electrons. The minimum absolute atomic E-state index is 0.0403. The van der Waals surface area contributed by atoms with Crippen LogP contribution in [0.3, 0.4) is 0 Å². The number of nitrogens with one attached hydrogen (secondary N) is 2. The minimum atomic E-state index is -0.577. The fourth-order valence-electron chi connectivity index (χ4n) is 2.12. The molecule has 142 valence electrons. The first-order chi connectivity index (χ1) is 13.5. The molecule has 9 heteroatoms. The van der Waals surface area contributed by atoms with Crippen LogP contribution in [0.5, 0.6) is 0 Å². The second-order valence-corrected chi connectivity index (χ2v) is 7.80. The van der Waals surface area contributed by atoms with Gasteiger partial charge in [-0.2, -0.15) is 5.10 Å². The lowest BCUT2D eigenvalue weighted by Crippen LogP contribution is -2.32. The summed E-state index contributed by atoms with van der Waals surface area (Å²) in [5, 5.41) is 8.63. The number of hydrogen-bond donors (Lipinski definition) is 2. The summed E-state index contributed by atoms with van der Waals surface area (Å²) in [6.07, 6.45) is 2.94. The number of hydrogen-bond acceptors (Lipinski definition) is 5. The molecule has 6 nitrogen and oxygen atoms in total. The Kier molecular flexibility index (Phi) is 7.01. The van der Waals surface area contributed by atoms with Gasteiger partial charge < -0.3 is 9.73 Å². The number of nitrogens with zero attached hydrogens (tertiary/aromatic N) is 1. The van der Waals surface area contributed by atoms with E-state index in [2.05, 4.69) is 15.8 Å². The summed E-state index contributed by atoms with van der Waals surface area (Å²) in [5.74, 6) is -0.576. The predicted octanol–water partition coefficient (Wildman–Crippen LogP) is 4.52. The van der Waals surface area contributed by atoms with E-state index >= 15 is 0 Å². The number of amides is 2. The summed E-state index contributed by atoms with van der Waals surface area (Å²) in [6, 6.07) is 13.8. The molecular formula is C19H13ClIN3O3S. The summed E-state index contributed by atoms with van der Waals surface area (Å²) < 4.78 is 6.04. The molecule has 28 heavy (non-hydrogen) atoms. The smallest absolute Gasteiger partial charge is 0.287 e. The zero-order valence-corrected chi connectivity index (χ0v) is 17.9. The van der Waals surface area contributed by atoms with Crippen LogP contribution in [0.1, 0.15) is 21.0 Å². The zero-order chi connectivity index (χ0) is 19.9. The Morgan fingerprint density at radius 3 is 2.64 bits per heavy atom. The van der Waals surface area contributed by atoms with Crippen molar-refractivity contribution in [3.05, 3.63) is 84.6 Å². The van der Waals surface area contributed by atoms with Crippen LogP contribution in [0.25, 0.3) is 6.08 Å². The van der Waals surface area contributed by atoms with Crippen LogP contribution in [0, 0.1) is 3.77 Å². The number of thiophene rings is 1. The van der Waals surface area contributed by atoms with E-state index in [4.69, 9.17) is 16.0 Å². The molecule has 3 aromatic rings. The molecule has 0 aliphatic heterocycles. The average molecular weight is 526 g/mol. The second-order valence-electron chi connectivity index (χ2n) is 5.35. The summed E-state index contributed by atoms with van der Waals surface area (Å²) in [6.45, 7) is 0. The third-order valence-electron chi connectivity index (χ3n) is 3.39. The first kappa shape index (κ1) is 20.3. The van der Waals surface area contributed by atoms with Crippen molar-refractivity contribution in [3.8, 4) is 0 Å². The van der Waals surface area contributed by atoms with Gasteiger partial charge in [0.25, 0.3) is 11.8 Å². The number of rotatable bonds is 6. The van der Waals surface area contributed by atoms with Crippen molar-refractivity contribution in [2.24, 2.45) is 5.10 Å². The molecule has 0 unspecified atom stereocenters. The third-order valence-corrected chi connectivity index (χ3v) is 5.12. The van der Waals surface area contributed by atoms with Gasteiger partial charge in [0, 0.05) is 4.88 Å². The van der Waals surface area contributed by atoms with E-state index in [1.165, 1.54) is 17.6 Å². The molecule has 0 aliphatic carbocycles. The maximum atomic E-state index is 12.5. The van der Waals surface area contributed by atoms with Gasteiger partial charge in [0.2, 0.25) is 0 Å². The Morgan fingerprint density at radius 2 is 1.96 bits per heavy atom. The molecule has 1 aromatic carbocycles. The highest BCUT2D eigenvalue weighted by atomic mass is 127. The predicted molar refractivity (Wildman–Crippen MR) is 118 cm³/mol. The minimum Gasteiger partial charge on any atom is -0.449 e. The van der Waals surface area contributed by atoms with E-state index in [9.17, 15) is 9.59 Å². The Balaban J connectivity index is 1.77. The molecule has 0 spiro atoms. The molecule has 0 fully saturated rings. The maximum absolute atomic E-state index is 12.5. The van der Waals surface area contributed by atoms with Crippen molar-refractivity contribution in [2.45, 2.75) is 0 Å². The van der Waals surface area contributed by atoms with E-state index in [1.54, 1.807) is 42.5 Å². The van der Waals surface area contributed by atoms with Gasteiger partial charge in [-0.25, -0.2) is 5.43 Å². The van der Waals surface area contributed by atoms with Crippen molar-refractivity contribution < 1.29 is 14.0 Å². The molecule has 2 amide bonds. The maximum Gasteiger partial charge on any atom is 0.287 e. The van der Waals surface area contributed by atoms with Crippen LogP contribution < -0.4 is 10.7 Å². The van der Waals surface area contributed by atoms with Crippen molar-refractivity contribution in [2.75, 3.05) is 0 Å². The van der Waals surface area contributed by atoms with Crippen LogP contribution in [-0.2, 0) is 4.79 Å². The third kappa shape index (κ3) is 5.54. The first-order valence-electron chi connectivity index (χ1n) is 7.93. The quantitative estimate of drug-likeness (QED) is 0.215. The van der Waals surface area contributed by atoms with Crippen molar-refractivity contribution in [1.82, 2.24) is 10.7 Å². The molecule has 0 atom stereocenters. The van der Waals surface area contributed by atoms with Crippen molar-refractivity contribution >= 4 is 69.6 Å². The van der Waals surface area contributed by atoms with Crippen LogP contribution in [-0.4, -0.2) is 18.0 Å². The fraction of sp³-hybridized carbons (Fsp3) is 0.